The van der Waals surface area contributed by atoms with Crippen molar-refractivity contribution in [2.45, 2.75) is 86.6 Å². The summed E-state index contributed by atoms with van der Waals surface area (Å²) in [6.07, 6.45) is 5.61. The fraction of sp³-hybridized carbons (Fsp3) is 1.00. The molecule has 1 N–H and O–H groups in total. The highest BCUT2D eigenvalue weighted by Crippen LogP contribution is 2.45. The lowest BCUT2D eigenvalue weighted by Gasteiger charge is -2.45. The Morgan fingerprint density at radius 2 is 1.65 bits per heavy atom. The van der Waals surface area contributed by atoms with Gasteiger partial charge in [0.25, 0.3) is 0 Å². The van der Waals surface area contributed by atoms with Crippen molar-refractivity contribution in [3.8, 4) is 0 Å². The largest absolute Gasteiger partial charge is 0.312 e. The minimum atomic E-state index is 0.251. The summed E-state index contributed by atoms with van der Waals surface area (Å²) < 4.78 is 0. The van der Waals surface area contributed by atoms with Crippen molar-refractivity contribution < 1.29 is 0 Å². The summed E-state index contributed by atoms with van der Waals surface area (Å²) in [6, 6.07) is 0. The first-order valence-electron chi connectivity index (χ1n) is 8.79. The van der Waals surface area contributed by atoms with Crippen molar-refractivity contribution in [1.29, 1.82) is 0 Å². The van der Waals surface area contributed by atoms with Crippen molar-refractivity contribution in [1.82, 2.24) is 5.32 Å². The molecule has 1 heteroatoms. The third-order valence-corrected chi connectivity index (χ3v) is 5.54. The van der Waals surface area contributed by atoms with Crippen LogP contribution < -0.4 is 5.32 Å². The number of hydrogen-bond acceptors (Lipinski definition) is 1. The fourth-order valence-corrected chi connectivity index (χ4v) is 3.75. The second kappa shape index (κ2) is 6.81. The molecular formula is C19H39N. The smallest absolute Gasteiger partial charge is 0.00966 e. The standard InChI is InChI=1S/C19H39N/c1-9-14(2)17-12-16(18(3,4)5)11-10-15(17)13-20-19(6,7)8/h14-17,20H,9-13H2,1-8H3. The van der Waals surface area contributed by atoms with Gasteiger partial charge in [-0.05, 0) is 75.7 Å². The molecule has 0 radical (unpaired) electrons. The highest BCUT2D eigenvalue weighted by atomic mass is 14.9. The lowest BCUT2D eigenvalue weighted by atomic mass is 9.62. The molecule has 0 bridgehead atoms. The Labute approximate surface area is 128 Å². The molecule has 4 atom stereocenters. The maximum Gasteiger partial charge on any atom is 0.00966 e. The maximum absolute atomic E-state index is 3.75. The molecule has 0 aliphatic heterocycles. The van der Waals surface area contributed by atoms with Gasteiger partial charge in [-0.3, -0.25) is 0 Å². The highest BCUT2D eigenvalue weighted by Gasteiger charge is 2.37. The lowest BCUT2D eigenvalue weighted by molar-refractivity contribution is 0.0641. The molecule has 0 saturated heterocycles. The Kier molecular flexibility index (Phi) is 6.14. The summed E-state index contributed by atoms with van der Waals surface area (Å²) >= 11 is 0. The van der Waals surface area contributed by atoms with Gasteiger partial charge in [-0.15, -0.1) is 0 Å². The molecule has 1 rings (SSSR count). The van der Waals surface area contributed by atoms with Crippen LogP contribution in [-0.2, 0) is 0 Å². The van der Waals surface area contributed by atoms with Crippen molar-refractivity contribution in [2.24, 2.45) is 29.1 Å². The van der Waals surface area contributed by atoms with Crippen molar-refractivity contribution in [3.63, 3.8) is 0 Å². The van der Waals surface area contributed by atoms with E-state index in [1.165, 1.54) is 32.2 Å². The predicted molar refractivity (Wildman–Crippen MR) is 91.0 cm³/mol. The zero-order valence-corrected chi connectivity index (χ0v) is 15.3. The Morgan fingerprint density at radius 3 is 2.10 bits per heavy atom. The molecule has 0 aromatic rings. The van der Waals surface area contributed by atoms with E-state index < -0.39 is 0 Å². The molecule has 20 heavy (non-hydrogen) atoms. The summed E-state index contributed by atoms with van der Waals surface area (Å²) in [5.74, 6) is 3.56. The number of nitrogens with one attached hydrogen (secondary N) is 1. The molecular weight excluding hydrogens is 242 g/mol. The number of hydrogen-bond donors (Lipinski definition) is 1. The predicted octanol–water partition coefficient (Wildman–Crippen LogP) is 5.50. The average Bonchev–Trinajstić information content (AvgIpc) is 2.33. The first kappa shape index (κ1) is 18.0. The van der Waals surface area contributed by atoms with Crippen LogP contribution in [0.1, 0.15) is 81.1 Å². The second-order valence-corrected chi connectivity index (χ2v) is 9.32. The zero-order valence-electron chi connectivity index (χ0n) is 15.3. The summed E-state index contributed by atoms with van der Waals surface area (Å²) in [5.41, 5.74) is 0.731. The molecule has 0 heterocycles. The molecule has 1 aliphatic rings. The van der Waals surface area contributed by atoms with E-state index in [9.17, 15) is 0 Å². The van der Waals surface area contributed by atoms with Crippen LogP contribution in [0.5, 0.6) is 0 Å². The molecule has 120 valence electrons. The van der Waals surface area contributed by atoms with Gasteiger partial charge in [0, 0.05) is 5.54 Å². The highest BCUT2D eigenvalue weighted by molar-refractivity contribution is 4.89. The molecule has 0 spiro atoms. The van der Waals surface area contributed by atoms with Crippen molar-refractivity contribution in [3.05, 3.63) is 0 Å². The van der Waals surface area contributed by atoms with E-state index >= 15 is 0 Å². The van der Waals surface area contributed by atoms with Gasteiger partial charge in [0.2, 0.25) is 0 Å². The summed E-state index contributed by atoms with van der Waals surface area (Å²) in [4.78, 5) is 0. The van der Waals surface area contributed by atoms with Crippen LogP contribution in [-0.4, -0.2) is 12.1 Å². The molecule has 1 aliphatic carbocycles. The van der Waals surface area contributed by atoms with E-state index in [1.54, 1.807) is 0 Å². The Balaban J connectivity index is 2.70. The van der Waals surface area contributed by atoms with Gasteiger partial charge in [0.05, 0.1) is 0 Å². The van der Waals surface area contributed by atoms with Crippen LogP contribution >= 0.6 is 0 Å². The number of rotatable bonds is 4. The Morgan fingerprint density at radius 1 is 1.05 bits per heavy atom. The second-order valence-electron chi connectivity index (χ2n) is 9.32. The van der Waals surface area contributed by atoms with Crippen molar-refractivity contribution >= 4 is 0 Å². The van der Waals surface area contributed by atoms with E-state index in [-0.39, 0.29) is 5.54 Å². The third-order valence-electron chi connectivity index (χ3n) is 5.54. The van der Waals surface area contributed by atoms with Gasteiger partial charge in [0.15, 0.2) is 0 Å². The lowest BCUT2D eigenvalue weighted by Crippen LogP contribution is -2.44. The topological polar surface area (TPSA) is 12.0 Å². The van der Waals surface area contributed by atoms with Crippen LogP contribution in [0, 0.1) is 29.1 Å². The van der Waals surface area contributed by atoms with Gasteiger partial charge >= 0.3 is 0 Å². The van der Waals surface area contributed by atoms with Gasteiger partial charge in [0.1, 0.15) is 0 Å². The first-order chi connectivity index (χ1) is 9.04. The van der Waals surface area contributed by atoms with Gasteiger partial charge in [-0.25, -0.2) is 0 Å². The zero-order chi connectivity index (χ0) is 15.6. The summed E-state index contributed by atoms with van der Waals surface area (Å²) in [7, 11) is 0. The van der Waals surface area contributed by atoms with E-state index in [0.29, 0.717) is 5.41 Å². The Hall–Kier alpha value is -0.0400. The van der Waals surface area contributed by atoms with E-state index in [1.807, 2.05) is 0 Å². The fourth-order valence-electron chi connectivity index (χ4n) is 3.75. The first-order valence-corrected chi connectivity index (χ1v) is 8.79. The van der Waals surface area contributed by atoms with Crippen LogP contribution in [0.3, 0.4) is 0 Å². The quantitative estimate of drug-likeness (QED) is 0.717. The van der Waals surface area contributed by atoms with Crippen LogP contribution in [0.25, 0.3) is 0 Å². The third kappa shape index (κ3) is 5.39. The molecule has 0 aromatic carbocycles. The summed E-state index contributed by atoms with van der Waals surface area (Å²) in [5, 5.41) is 3.75. The molecule has 4 unspecified atom stereocenters. The van der Waals surface area contributed by atoms with Crippen molar-refractivity contribution in [2.75, 3.05) is 6.54 Å². The molecule has 1 saturated carbocycles. The minimum Gasteiger partial charge on any atom is -0.312 e. The SMILES string of the molecule is CCC(C)C1CC(C(C)(C)C)CCC1CNC(C)(C)C. The van der Waals surface area contributed by atoms with Gasteiger partial charge in [-0.1, -0.05) is 41.0 Å². The van der Waals surface area contributed by atoms with Crippen LogP contribution in [0.2, 0.25) is 0 Å². The monoisotopic (exact) mass is 281 g/mol. The Bertz CT molecular complexity index is 281. The van der Waals surface area contributed by atoms with Crippen LogP contribution in [0.4, 0.5) is 0 Å². The van der Waals surface area contributed by atoms with Gasteiger partial charge < -0.3 is 5.32 Å². The molecule has 1 nitrogen and oxygen atoms in total. The van der Waals surface area contributed by atoms with E-state index in [0.717, 1.165) is 23.7 Å². The summed E-state index contributed by atoms with van der Waals surface area (Å²) in [6.45, 7) is 20.2. The molecule has 0 amide bonds. The molecule has 1 fully saturated rings. The van der Waals surface area contributed by atoms with E-state index in [4.69, 9.17) is 0 Å². The normalized spacial score (nSPS) is 30.3. The average molecular weight is 282 g/mol. The van der Waals surface area contributed by atoms with Gasteiger partial charge in [-0.2, -0.15) is 0 Å². The maximum atomic E-state index is 3.75. The minimum absolute atomic E-state index is 0.251. The van der Waals surface area contributed by atoms with E-state index in [2.05, 4.69) is 60.7 Å². The molecule has 0 aromatic heterocycles. The van der Waals surface area contributed by atoms with Crippen LogP contribution in [0.15, 0.2) is 0 Å².